The van der Waals surface area contributed by atoms with E-state index < -0.39 is 6.10 Å². The molecule has 8 nitrogen and oxygen atoms in total. The van der Waals surface area contributed by atoms with E-state index in [0.717, 1.165) is 31.5 Å². The summed E-state index contributed by atoms with van der Waals surface area (Å²) in [6.45, 7) is 5.72. The molecule has 0 saturated carbocycles. The van der Waals surface area contributed by atoms with Crippen LogP contribution in [0.3, 0.4) is 0 Å². The quantitative estimate of drug-likeness (QED) is 0.567. The van der Waals surface area contributed by atoms with Gasteiger partial charge in [0.2, 0.25) is 5.82 Å². The summed E-state index contributed by atoms with van der Waals surface area (Å²) >= 11 is 0. The van der Waals surface area contributed by atoms with Crippen LogP contribution < -0.4 is 4.74 Å². The summed E-state index contributed by atoms with van der Waals surface area (Å²) in [5.41, 5.74) is 4.44. The number of ether oxygens (including phenoxy) is 1. The Labute approximate surface area is 193 Å². The fourth-order valence-corrected chi connectivity index (χ4v) is 4.01. The Morgan fingerprint density at radius 3 is 2.61 bits per heavy atom. The SMILES string of the molecule is CC(C)Oc1ccc(-c2nc(-c3ccc4c(c3)CCN(C[C@H](O)CO)CC4)no2)cc1C#N. The summed E-state index contributed by atoms with van der Waals surface area (Å²) < 4.78 is 11.2. The van der Waals surface area contributed by atoms with Gasteiger partial charge in [0.25, 0.3) is 5.89 Å². The molecule has 2 heterocycles. The first-order valence-electron chi connectivity index (χ1n) is 11.1. The summed E-state index contributed by atoms with van der Waals surface area (Å²) in [5.74, 6) is 1.37. The fourth-order valence-electron chi connectivity index (χ4n) is 4.01. The second-order valence-electron chi connectivity index (χ2n) is 8.53. The molecule has 0 spiro atoms. The molecule has 2 N–H and O–H groups in total. The van der Waals surface area contributed by atoms with Crippen LogP contribution in [0.15, 0.2) is 40.9 Å². The van der Waals surface area contributed by atoms with Gasteiger partial charge in [-0.2, -0.15) is 10.2 Å². The Morgan fingerprint density at radius 1 is 1.12 bits per heavy atom. The summed E-state index contributed by atoms with van der Waals surface area (Å²) in [4.78, 5) is 6.73. The van der Waals surface area contributed by atoms with Crippen molar-refractivity contribution in [2.45, 2.75) is 38.9 Å². The number of fused-ring (bicyclic) bond motifs is 1. The lowest BCUT2D eigenvalue weighted by molar-refractivity contribution is 0.0605. The number of β-amino-alcohol motifs (C(OH)–C–C–N with tert-alkyl or cyclic N) is 1. The van der Waals surface area contributed by atoms with Crippen molar-refractivity contribution in [3.05, 3.63) is 53.1 Å². The van der Waals surface area contributed by atoms with E-state index >= 15 is 0 Å². The monoisotopic (exact) mass is 448 g/mol. The second-order valence-corrected chi connectivity index (χ2v) is 8.53. The highest BCUT2D eigenvalue weighted by Gasteiger charge is 2.19. The van der Waals surface area contributed by atoms with Crippen molar-refractivity contribution >= 4 is 0 Å². The lowest BCUT2D eigenvalue weighted by Crippen LogP contribution is -2.35. The van der Waals surface area contributed by atoms with E-state index in [-0.39, 0.29) is 12.7 Å². The van der Waals surface area contributed by atoms with Crippen LogP contribution in [-0.2, 0) is 12.8 Å². The van der Waals surface area contributed by atoms with Gasteiger partial charge in [0.05, 0.1) is 24.4 Å². The minimum absolute atomic E-state index is 0.0296. The average Bonchev–Trinajstić information content (AvgIpc) is 3.22. The summed E-state index contributed by atoms with van der Waals surface area (Å²) in [6, 6.07) is 13.6. The van der Waals surface area contributed by atoms with Crippen LogP contribution in [-0.4, -0.2) is 63.7 Å². The molecule has 1 aromatic heterocycles. The van der Waals surface area contributed by atoms with E-state index in [4.69, 9.17) is 14.4 Å². The minimum Gasteiger partial charge on any atom is -0.490 e. The fraction of sp³-hybridized carbons (Fsp3) is 0.400. The molecule has 8 heteroatoms. The van der Waals surface area contributed by atoms with Crippen LogP contribution in [0.25, 0.3) is 22.8 Å². The molecule has 2 aromatic carbocycles. The highest BCUT2D eigenvalue weighted by atomic mass is 16.5. The van der Waals surface area contributed by atoms with Gasteiger partial charge >= 0.3 is 0 Å². The standard InChI is InChI=1S/C25H28N4O4/c1-16(2)32-23-6-5-20(12-21(23)13-26)25-27-24(28-33-25)19-4-3-17-7-9-29(14-22(31)15-30)10-8-18(17)11-19/h3-6,11-12,16,22,30-31H,7-10,14-15H2,1-2H3/t22-/m0/s1. The van der Waals surface area contributed by atoms with Crippen LogP contribution in [0, 0.1) is 11.3 Å². The summed E-state index contributed by atoms with van der Waals surface area (Å²) in [7, 11) is 0. The number of aromatic nitrogens is 2. The van der Waals surface area contributed by atoms with E-state index in [0.29, 0.717) is 35.1 Å². The van der Waals surface area contributed by atoms with Crippen molar-refractivity contribution in [3.8, 4) is 34.7 Å². The van der Waals surface area contributed by atoms with Crippen molar-refractivity contribution < 1.29 is 19.5 Å². The maximum absolute atomic E-state index is 9.75. The molecule has 1 aliphatic rings. The van der Waals surface area contributed by atoms with Gasteiger partial charge in [-0.25, -0.2) is 0 Å². The average molecular weight is 449 g/mol. The molecule has 0 saturated heterocycles. The zero-order chi connectivity index (χ0) is 23.4. The minimum atomic E-state index is -0.716. The van der Waals surface area contributed by atoms with Gasteiger partial charge in [0.15, 0.2) is 0 Å². The zero-order valence-corrected chi connectivity index (χ0v) is 18.9. The molecular formula is C25H28N4O4. The molecule has 3 aromatic rings. The Morgan fingerprint density at radius 2 is 1.88 bits per heavy atom. The van der Waals surface area contributed by atoms with Crippen molar-refractivity contribution in [1.29, 1.82) is 5.26 Å². The Balaban J connectivity index is 1.53. The van der Waals surface area contributed by atoms with Crippen molar-refractivity contribution in [3.63, 3.8) is 0 Å². The number of nitrogens with zero attached hydrogens (tertiary/aromatic N) is 4. The first kappa shape index (κ1) is 22.9. The van der Waals surface area contributed by atoms with Gasteiger partial charge in [0.1, 0.15) is 11.8 Å². The molecule has 0 radical (unpaired) electrons. The number of rotatable bonds is 7. The molecular weight excluding hydrogens is 420 g/mol. The normalized spacial score (nSPS) is 15.0. The lowest BCUT2D eigenvalue weighted by Gasteiger charge is -2.21. The molecule has 1 atom stereocenters. The molecule has 172 valence electrons. The van der Waals surface area contributed by atoms with Crippen LogP contribution in [0.1, 0.15) is 30.5 Å². The summed E-state index contributed by atoms with van der Waals surface area (Å²) in [5, 5.41) is 32.5. The van der Waals surface area contributed by atoms with Crippen LogP contribution in [0.5, 0.6) is 5.75 Å². The van der Waals surface area contributed by atoms with E-state index in [9.17, 15) is 10.4 Å². The molecule has 0 fully saturated rings. The topological polar surface area (TPSA) is 116 Å². The highest BCUT2D eigenvalue weighted by Crippen LogP contribution is 2.29. The Hall–Kier alpha value is -3.25. The van der Waals surface area contributed by atoms with E-state index in [1.807, 2.05) is 26.0 Å². The Bertz CT molecular complexity index is 1150. The first-order chi connectivity index (χ1) is 16.0. The molecule has 0 bridgehead atoms. The van der Waals surface area contributed by atoms with E-state index in [2.05, 4.69) is 33.2 Å². The Kier molecular flexibility index (Phi) is 7.04. The summed E-state index contributed by atoms with van der Waals surface area (Å²) in [6.07, 6.45) is 0.979. The predicted octanol–water partition coefficient (Wildman–Crippen LogP) is 2.82. The third-order valence-electron chi connectivity index (χ3n) is 5.67. The highest BCUT2D eigenvalue weighted by molar-refractivity contribution is 5.64. The van der Waals surface area contributed by atoms with Crippen LogP contribution >= 0.6 is 0 Å². The van der Waals surface area contributed by atoms with Crippen molar-refractivity contribution in [2.75, 3.05) is 26.2 Å². The van der Waals surface area contributed by atoms with Gasteiger partial charge < -0.3 is 24.4 Å². The molecule has 1 aliphatic heterocycles. The maximum atomic E-state index is 9.75. The van der Waals surface area contributed by atoms with Gasteiger partial charge in [0, 0.05) is 30.8 Å². The number of aliphatic hydroxyl groups excluding tert-OH is 2. The smallest absolute Gasteiger partial charge is 0.258 e. The number of aliphatic hydroxyl groups is 2. The molecule has 33 heavy (non-hydrogen) atoms. The number of hydrogen-bond donors (Lipinski definition) is 2. The third kappa shape index (κ3) is 5.40. The number of hydrogen-bond acceptors (Lipinski definition) is 8. The second kappa shape index (κ2) is 10.1. The number of benzene rings is 2. The molecule has 0 unspecified atom stereocenters. The van der Waals surface area contributed by atoms with Crippen molar-refractivity contribution in [1.82, 2.24) is 15.0 Å². The lowest BCUT2D eigenvalue weighted by atomic mass is 10.00. The van der Waals surface area contributed by atoms with Crippen LogP contribution in [0.2, 0.25) is 0 Å². The first-order valence-corrected chi connectivity index (χ1v) is 11.1. The van der Waals surface area contributed by atoms with Gasteiger partial charge in [-0.05, 0) is 62.1 Å². The van der Waals surface area contributed by atoms with Gasteiger partial charge in [-0.1, -0.05) is 17.3 Å². The van der Waals surface area contributed by atoms with Gasteiger partial charge in [-0.3, -0.25) is 0 Å². The van der Waals surface area contributed by atoms with E-state index in [1.54, 1.807) is 12.1 Å². The van der Waals surface area contributed by atoms with E-state index in [1.165, 1.54) is 11.1 Å². The third-order valence-corrected chi connectivity index (χ3v) is 5.67. The van der Waals surface area contributed by atoms with Gasteiger partial charge in [-0.15, -0.1) is 0 Å². The van der Waals surface area contributed by atoms with Crippen molar-refractivity contribution in [2.24, 2.45) is 0 Å². The van der Waals surface area contributed by atoms with Crippen LogP contribution in [0.4, 0.5) is 0 Å². The zero-order valence-electron chi connectivity index (χ0n) is 18.9. The maximum Gasteiger partial charge on any atom is 0.258 e. The molecule has 4 rings (SSSR count). The molecule has 0 aliphatic carbocycles. The molecule has 0 amide bonds. The predicted molar refractivity (Wildman–Crippen MR) is 123 cm³/mol. The number of nitriles is 1. The largest absolute Gasteiger partial charge is 0.490 e.